The number of carbonyl (C=O) groups excluding carboxylic acids is 2. The summed E-state index contributed by atoms with van der Waals surface area (Å²) in [5.41, 5.74) is -0.862. The summed E-state index contributed by atoms with van der Waals surface area (Å²) < 4.78 is 19.9. The summed E-state index contributed by atoms with van der Waals surface area (Å²) in [6.07, 6.45) is 1.50. The van der Waals surface area contributed by atoms with Crippen molar-refractivity contribution in [3.05, 3.63) is 33.5 Å². The van der Waals surface area contributed by atoms with E-state index in [0.29, 0.717) is 6.42 Å². The van der Waals surface area contributed by atoms with Gasteiger partial charge in [-0.05, 0) is 79.6 Å². The number of nitrogens with zero attached hydrogens (tertiary/aromatic N) is 2. The second-order valence-corrected chi connectivity index (χ2v) is 10.0. The Hall–Kier alpha value is -2.67. The molecule has 10 heteroatoms. The molecule has 172 valence electrons. The van der Waals surface area contributed by atoms with Crippen molar-refractivity contribution in [3.8, 4) is 6.07 Å². The number of fused-ring (bicyclic) bond motifs is 2. The van der Waals surface area contributed by atoms with E-state index in [2.05, 4.69) is 21.2 Å². The second-order valence-electron chi connectivity index (χ2n) is 9.18. The predicted octanol–water partition coefficient (Wildman–Crippen LogP) is 3.63. The number of hydrogen-bond acceptors (Lipinski definition) is 5. The Morgan fingerprint density at radius 2 is 2.06 bits per heavy atom. The summed E-state index contributed by atoms with van der Waals surface area (Å²) in [4.78, 5) is 38.6. The highest BCUT2D eigenvalue weighted by Gasteiger charge is 2.52. The van der Waals surface area contributed by atoms with Crippen molar-refractivity contribution < 1.29 is 28.6 Å². The van der Waals surface area contributed by atoms with Gasteiger partial charge in [0.25, 0.3) is 0 Å². The average molecular weight is 510 g/mol. The predicted molar refractivity (Wildman–Crippen MR) is 115 cm³/mol. The number of nitrogens with one attached hydrogen (secondary N) is 1. The summed E-state index contributed by atoms with van der Waals surface area (Å²) in [5.74, 6) is -2.46. The highest BCUT2D eigenvalue weighted by molar-refractivity contribution is 9.10. The van der Waals surface area contributed by atoms with Crippen molar-refractivity contribution in [2.24, 2.45) is 5.92 Å². The number of piperidine rings is 1. The number of nitriles is 1. The van der Waals surface area contributed by atoms with Crippen molar-refractivity contribution >= 4 is 33.9 Å². The van der Waals surface area contributed by atoms with Crippen LogP contribution in [0, 0.1) is 23.1 Å². The summed E-state index contributed by atoms with van der Waals surface area (Å²) in [6.45, 7) is 5.24. The Morgan fingerprint density at radius 1 is 1.38 bits per heavy atom. The third-order valence-electron chi connectivity index (χ3n) is 5.72. The molecule has 0 unspecified atom stereocenters. The molecule has 1 aliphatic carbocycles. The van der Waals surface area contributed by atoms with Crippen molar-refractivity contribution in [2.75, 3.05) is 0 Å². The van der Waals surface area contributed by atoms with Gasteiger partial charge in [-0.3, -0.25) is 9.69 Å². The molecular formula is C22H25BrFN3O5. The van der Waals surface area contributed by atoms with Crippen LogP contribution < -0.4 is 5.32 Å². The lowest BCUT2D eigenvalue weighted by atomic mass is 9.97. The molecule has 2 bridgehead atoms. The summed E-state index contributed by atoms with van der Waals surface area (Å²) in [7, 11) is 0. The molecule has 0 radical (unpaired) electrons. The molecule has 32 heavy (non-hydrogen) atoms. The van der Waals surface area contributed by atoms with E-state index >= 15 is 0 Å². The monoisotopic (exact) mass is 509 g/mol. The standard InChI is InChI=1S/C22H25BrFN3O5/c1-22(2,3)32-21(31)27-14-5-4-11(7-14)18(27)19(28)26-13(10-25)6-12-8-15(20(29)30)16(23)9-17(12)24/h8-9,11,13-14,18H,4-7H2,1-3H3,(H,26,28)(H,29,30)/t11-,13+,14+,18-/m0/s1. The maximum absolute atomic E-state index is 14.4. The Morgan fingerprint density at radius 3 is 2.66 bits per heavy atom. The van der Waals surface area contributed by atoms with Crippen LogP contribution in [0.4, 0.5) is 9.18 Å². The Balaban J connectivity index is 1.76. The van der Waals surface area contributed by atoms with E-state index in [-0.39, 0.29) is 34.0 Å². The molecule has 2 N–H and O–H groups in total. The minimum Gasteiger partial charge on any atom is -0.478 e. The van der Waals surface area contributed by atoms with Crippen molar-refractivity contribution in [3.63, 3.8) is 0 Å². The van der Waals surface area contributed by atoms with Crippen LogP contribution in [-0.2, 0) is 16.0 Å². The minimum absolute atomic E-state index is 0.00519. The van der Waals surface area contributed by atoms with Gasteiger partial charge < -0.3 is 15.2 Å². The molecule has 2 amide bonds. The van der Waals surface area contributed by atoms with Gasteiger partial charge in [0, 0.05) is 16.9 Å². The Bertz CT molecular complexity index is 987. The van der Waals surface area contributed by atoms with Gasteiger partial charge >= 0.3 is 12.1 Å². The molecule has 0 aromatic heterocycles. The van der Waals surface area contributed by atoms with Gasteiger partial charge in [0.05, 0.1) is 11.6 Å². The molecule has 1 saturated carbocycles. The highest BCUT2D eigenvalue weighted by Crippen LogP contribution is 2.43. The van der Waals surface area contributed by atoms with Gasteiger partial charge in [-0.25, -0.2) is 14.0 Å². The van der Waals surface area contributed by atoms with Crippen LogP contribution >= 0.6 is 15.9 Å². The zero-order valence-corrected chi connectivity index (χ0v) is 19.6. The highest BCUT2D eigenvalue weighted by atomic mass is 79.9. The lowest BCUT2D eigenvalue weighted by molar-refractivity contribution is -0.128. The van der Waals surface area contributed by atoms with Gasteiger partial charge in [-0.2, -0.15) is 5.26 Å². The van der Waals surface area contributed by atoms with Gasteiger partial charge in [-0.15, -0.1) is 0 Å². The first-order valence-corrected chi connectivity index (χ1v) is 11.1. The number of amides is 2. The quantitative estimate of drug-likeness (QED) is 0.625. The van der Waals surface area contributed by atoms with E-state index in [9.17, 15) is 29.1 Å². The third-order valence-corrected chi connectivity index (χ3v) is 6.38. The van der Waals surface area contributed by atoms with Gasteiger partial charge in [0.2, 0.25) is 5.91 Å². The number of carbonyl (C=O) groups is 3. The maximum Gasteiger partial charge on any atom is 0.411 e. The number of ether oxygens (including phenoxy) is 1. The zero-order chi connectivity index (χ0) is 23.8. The maximum atomic E-state index is 14.4. The van der Waals surface area contributed by atoms with Crippen LogP contribution in [0.3, 0.4) is 0 Å². The topological polar surface area (TPSA) is 120 Å². The lowest BCUT2D eigenvalue weighted by Gasteiger charge is -2.35. The van der Waals surface area contributed by atoms with E-state index in [0.717, 1.165) is 25.0 Å². The molecule has 8 nitrogen and oxygen atoms in total. The molecular weight excluding hydrogens is 485 g/mol. The van der Waals surface area contributed by atoms with E-state index in [4.69, 9.17) is 4.74 Å². The largest absolute Gasteiger partial charge is 0.478 e. The lowest BCUT2D eigenvalue weighted by Crippen LogP contribution is -2.55. The van der Waals surface area contributed by atoms with Crippen molar-refractivity contribution in [2.45, 2.75) is 70.2 Å². The summed E-state index contributed by atoms with van der Waals surface area (Å²) in [6, 6.07) is 2.15. The third kappa shape index (κ3) is 5.04. The average Bonchev–Trinajstić information content (AvgIpc) is 3.29. The molecule has 0 spiro atoms. The van der Waals surface area contributed by atoms with Crippen LogP contribution in [-0.4, -0.2) is 51.7 Å². The van der Waals surface area contributed by atoms with E-state index in [1.165, 1.54) is 4.90 Å². The molecule has 1 aromatic rings. The zero-order valence-electron chi connectivity index (χ0n) is 18.0. The van der Waals surface area contributed by atoms with Crippen LogP contribution in [0.15, 0.2) is 16.6 Å². The normalized spacial score (nSPS) is 22.9. The number of aromatic carboxylic acids is 1. The van der Waals surface area contributed by atoms with E-state index in [1.807, 2.05) is 6.07 Å². The first-order chi connectivity index (χ1) is 14.9. The Kier molecular flexibility index (Phi) is 6.79. The van der Waals surface area contributed by atoms with Gasteiger partial charge in [-0.1, -0.05) is 0 Å². The molecule has 2 aliphatic rings. The molecule has 1 saturated heterocycles. The number of halogens is 2. The fraction of sp³-hybridized carbons (Fsp3) is 0.545. The van der Waals surface area contributed by atoms with Crippen LogP contribution in [0.1, 0.15) is 56.0 Å². The van der Waals surface area contributed by atoms with Crippen LogP contribution in [0.25, 0.3) is 0 Å². The number of rotatable bonds is 5. The molecule has 4 atom stereocenters. The fourth-order valence-electron chi connectivity index (χ4n) is 4.42. The molecule has 1 aliphatic heterocycles. The van der Waals surface area contributed by atoms with Gasteiger partial charge in [0.15, 0.2) is 0 Å². The first-order valence-electron chi connectivity index (χ1n) is 10.3. The van der Waals surface area contributed by atoms with Crippen molar-refractivity contribution in [1.29, 1.82) is 5.26 Å². The number of likely N-dealkylation sites (tertiary alicyclic amines) is 1. The molecule has 1 heterocycles. The number of carboxylic acid groups (broad SMARTS) is 1. The van der Waals surface area contributed by atoms with Crippen molar-refractivity contribution in [1.82, 2.24) is 10.2 Å². The Labute approximate surface area is 193 Å². The smallest absolute Gasteiger partial charge is 0.411 e. The fourth-order valence-corrected chi connectivity index (χ4v) is 4.91. The molecule has 1 aromatic carbocycles. The van der Waals surface area contributed by atoms with Crippen LogP contribution in [0.2, 0.25) is 0 Å². The molecule has 3 rings (SSSR count). The summed E-state index contributed by atoms with van der Waals surface area (Å²) >= 11 is 3.00. The molecule has 2 fully saturated rings. The van der Waals surface area contributed by atoms with E-state index < -0.39 is 41.5 Å². The number of benzene rings is 1. The number of carboxylic acids is 1. The SMILES string of the molecule is CC(C)(C)OC(=O)N1[C@@H]2CC[C@@H](C2)[C@H]1C(=O)N[C@@H](C#N)Cc1cc(C(=O)O)c(Br)cc1F. The van der Waals surface area contributed by atoms with E-state index in [1.54, 1.807) is 20.8 Å². The second kappa shape index (κ2) is 9.06. The van der Waals surface area contributed by atoms with Gasteiger partial charge in [0.1, 0.15) is 23.5 Å². The summed E-state index contributed by atoms with van der Waals surface area (Å²) in [5, 5.41) is 21.4. The first kappa shape index (κ1) is 24.0. The van der Waals surface area contributed by atoms with Crippen LogP contribution in [0.5, 0.6) is 0 Å². The number of hydrogen-bond donors (Lipinski definition) is 2. The minimum atomic E-state index is -1.24.